The third-order valence-electron chi connectivity index (χ3n) is 2.52. The number of nitrogens with one attached hydrogen (secondary N) is 1. The molecule has 0 fully saturated rings. The Morgan fingerprint density at radius 2 is 1.95 bits per heavy atom. The molecule has 20 heavy (non-hydrogen) atoms. The first-order chi connectivity index (χ1) is 9.40. The second-order valence-corrected chi connectivity index (χ2v) is 5.92. The molecule has 0 unspecified atom stereocenters. The molecular formula is C12H12N2O5S. The van der Waals surface area contributed by atoms with Crippen LogP contribution >= 0.6 is 0 Å². The number of hydrogen-bond donors (Lipinski definition) is 2. The van der Waals surface area contributed by atoms with Gasteiger partial charge in [-0.05, 0) is 17.7 Å². The number of aromatic amines is 1. The predicted octanol–water partition coefficient (Wildman–Crippen LogP) is 0.458. The summed E-state index contributed by atoms with van der Waals surface area (Å²) >= 11 is 0. The number of benzene rings is 1. The number of aromatic nitrogens is 2. The molecule has 8 heteroatoms. The first-order valence-corrected chi connectivity index (χ1v) is 7.22. The zero-order valence-corrected chi connectivity index (χ0v) is 11.3. The van der Waals surface area contributed by atoms with Gasteiger partial charge in [0.15, 0.2) is 0 Å². The molecule has 2 rings (SSSR count). The first-order valence-electron chi connectivity index (χ1n) is 5.57. The summed E-state index contributed by atoms with van der Waals surface area (Å²) in [5.41, 5.74) is -0.220. The molecule has 0 bridgehead atoms. The summed E-state index contributed by atoms with van der Waals surface area (Å²) in [6.07, 6.45) is 0. The molecule has 0 spiro atoms. The quantitative estimate of drug-likeness (QED) is 0.793. The van der Waals surface area contributed by atoms with E-state index in [-0.39, 0.29) is 5.75 Å². The van der Waals surface area contributed by atoms with Crippen molar-refractivity contribution in [2.24, 2.45) is 0 Å². The van der Waals surface area contributed by atoms with E-state index in [0.717, 1.165) is 6.07 Å². The van der Waals surface area contributed by atoms with Gasteiger partial charge in [-0.1, -0.05) is 12.1 Å². The molecular weight excluding hydrogens is 284 g/mol. The Bertz CT molecular complexity index is 765. The van der Waals surface area contributed by atoms with Crippen LogP contribution in [0, 0.1) is 0 Å². The standard InChI is InChI=1S/C12H12N2O5S/c1-19-9-4-2-8(3-5-9)7-20(17,18)12-13-10(15)6-11(16)14-12/h2-6H,7H2,1H3,(H2,13,14,15,16). The summed E-state index contributed by atoms with van der Waals surface area (Å²) in [6.45, 7) is 0. The van der Waals surface area contributed by atoms with Gasteiger partial charge >= 0.3 is 0 Å². The van der Waals surface area contributed by atoms with Gasteiger partial charge in [-0.15, -0.1) is 0 Å². The molecule has 0 atom stereocenters. The summed E-state index contributed by atoms with van der Waals surface area (Å²) in [5.74, 6) is -0.374. The smallest absolute Gasteiger partial charge is 0.255 e. The SMILES string of the molecule is COc1ccc(CS(=O)(=O)c2nc(O)cc(=O)[nH]2)cc1. The number of nitrogens with zero attached hydrogens (tertiary/aromatic N) is 1. The van der Waals surface area contributed by atoms with Crippen LogP contribution in [0.15, 0.2) is 40.3 Å². The second-order valence-electron chi connectivity index (χ2n) is 4.02. The number of methoxy groups -OCH3 is 1. The number of hydrogen-bond acceptors (Lipinski definition) is 6. The van der Waals surface area contributed by atoms with E-state index in [4.69, 9.17) is 4.74 Å². The van der Waals surface area contributed by atoms with E-state index < -0.39 is 26.4 Å². The van der Waals surface area contributed by atoms with Crippen LogP contribution in [-0.2, 0) is 15.6 Å². The fourth-order valence-corrected chi connectivity index (χ4v) is 2.84. The molecule has 0 radical (unpaired) electrons. The molecule has 0 aliphatic carbocycles. The lowest BCUT2D eigenvalue weighted by molar-refractivity contribution is 0.414. The van der Waals surface area contributed by atoms with Crippen LogP contribution in [0.25, 0.3) is 0 Å². The third kappa shape index (κ3) is 3.15. The van der Waals surface area contributed by atoms with Crippen LogP contribution in [0.3, 0.4) is 0 Å². The summed E-state index contributed by atoms with van der Waals surface area (Å²) in [6, 6.07) is 7.24. The van der Waals surface area contributed by atoms with E-state index in [2.05, 4.69) is 9.97 Å². The second kappa shape index (κ2) is 5.33. The maximum absolute atomic E-state index is 12.1. The highest BCUT2D eigenvalue weighted by Gasteiger charge is 2.19. The monoisotopic (exact) mass is 296 g/mol. The van der Waals surface area contributed by atoms with Crippen LogP contribution < -0.4 is 10.3 Å². The van der Waals surface area contributed by atoms with Crippen LogP contribution in [-0.4, -0.2) is 30.6 Å². The van der Waals surface area contributed by atoms with Crippen LogP contribution in [0.2, 0.25) is 0 Å². The van der Waals surface area contributed by atoms with E-state index in [1.165, 1.54) is 7.11 Å². The summed E-state index contributed by atoms with van der Waals surface area (Å²) in [5, 5.41) is 8.62. The van der Waals surface area contributed by atoms with Crippen molar-refractivity contribution in [3.8, 4) is 11.6 Å². The van der Waals surface area contributed by atoms with E-state index in [1.54, 1.807) is 24.3 Å². The van der Waals surface area contributed by atoms with Crippen molar-refractivity contribution < 1.29 is 18.3 Å². The zero-order chi connectivity index (χ0) is 14.8. The van der Waals surface area contributed by atoms with Gasteiger partial charge in [-0.25, -0.2) is 8.42 Å². The molecule has 0 aliphatic rings. The zero-order valence-electron chi connectivity index (χ0n) is 10.5. The van der Waals surface area contributed by atoms with Crippen molar-refractivity contribution >= 4 is 9.84 Å². The van der Waals surface area contributed by atoms with Crippen molar-refractivity contribution in [3.63, 3.8) is 0 Å². The Morgan fingerprint density at radius 3 is 2.50 bits per heavy atom. The number of ether oxygens (including phenoxy) is 1. The molecule has 0 saturated heterocycles. The van der Waals surface area contributed by atoms with E-state index >= 15 is 0 Å². The minimum atomic E-state index is -3.85. The minimum absolute atomic E-state index is 0.344. The fraction of sp³-hybridized carbons (Fsp3) is 0.167. The minimum Gasteiger partial charge on any atom is -0.497 e. The molecule has 0 saturated carbocycles. The number of sulfone groups is 1. The lowest BCUT2D eigenvalue weighted by atomic mass is 10.2. The van der Waals surface area contributed by atoms with Crippen molar-refractivity contribution in [2.75, 3.05) is 7.11 Å². The van der Waals surface area contributed by atoms with Gasteiger partial charge in [0, 0.05) is 0 Å². The molecule has 1 aromatic carbocycles. The molecule has 2 N–H and O–H groups in total. The normalized spacial score (nSPS) is 11.2. The van der Waals surface area contributed by atoms with Gasteiger partial charge in [0.1, 0.15) is 5.75 Å². The largest absolute Gasteiger partial charge is 0.497 e. The van der Waals surface area contributed by atoms with Gasteiger partial charge in [-0.2, -0.15) is 4.98 Å². The van der Waals surface area contributed by atoms with Crippen molar-refractivity contribution in [1.29, 1.82) is 0 Å². The van der Waals surface area contributed by atoms with Crippen LogP contribution in [0.1, 0.15) is 5.56 Å². The predicted molar refractivity (Wildman–Crippen MR) is 70.4 cm³/mol. The van der Waals surface area contributed by atoms with Crippen LogP contribution in [0.5, 0.6) is 11.6 Å². The average molecular weight is 296 g/mol. The molecule has 0 amide bonds. The lowest BCUT2D eigenvalue weighted by Gasteiger charge is -2.05. The summed E-state index contributed by atoms with van der Waals surface area (Å²) < 4.78 is 29.1. The molecule has 1 heterocycles. The van der Waals surface area contributed by atoms with Gasteiger partial charge < -0.3 is 9.84 Å². The average Bonchev–Trinajstić information content (AvgIpc) is 2.38. The highest BCUT2D eigenvalue weighted by atomic mass is 32.2. The lowest BCUT2D eigenvalue weighted by Crippen LogP contribution is -2.15. The molecule has 1 aromatic heterocycles. The maximum Gasteiger partial charge on any atom is 0.255 e. The highest BCUT2D eigenvalue weighted by molar-refractivity contribution is 7.90. The van der Waals surface area contributed by atoms with Crippen LogP contribution in [0.4, 0.5) is 0 Å². The highest BCUT2D eigenvalue weighted by Crippen LogP contribution is 2.16. The van der Waals surface area contributed by atoms with E-state index in [9.17, 15) is 18.3 Å². The molecule has 0 aliphatic heterocycles. The van der Waals surface area contributed by atoms with Crippen molar-refractivity contribution in [3.05, 3.63) is 46.2 Å². The van der Waals surface area contributed by atoms with Gasteiger partial charge in [-0.3, -0.25) is 9.78 Å². The van der Waals surface area contributed by atoms with Crippen molar-refractivity contribution in [2.45, 2.75) is 10.9 Å². The fourth-order valence-electron chi connectivity index (χ4n) is 1.58. The Balaban J connectivity index is 2.32. The van der Waals surface area contributed by atoms with E-state index in [0.29, 0.717) is 11.3 Å². The van der Waals surface area contributed by atoms with E-state index in [1.807, 2.05) is 0 Å². The number of rotatable bonds is 4. The molecule has 106 valence electrons. The number of H-pyrrole nitrogens is 1. The first kappa shape index (κ1) is 14.1. The Morgan fingerprint density at radius 1 is 1.30 bits per heavy atom. The number of aromatic hydroxyl groups is 1. The van der Waals surface area contributed by atoms with Gasteiger partial charge in [0.2, 0.25) is 20.9 Å². The Labute approximate surface area is 114 Å². The third-order valence-corrected chi connectivity index (χ3v) is 4.01. The molecule has 7 nitrogen and oxygen atoms in total. The van der Waals surface area contributed by atoms with Crippen molar-refractivity contribution in [1.82, 2.24) is 9.97 Å². The Kier molecular flexibility index (Phi) is 3.75. The molecule has 2 aromatic rings. The topological polar surface area (TPSA) is 109 Å². The maximum atomic E-state index is 12.1. The van der Waals surface area contributed by atoms with Gasteiger partial charge in [0.25, 0.3) is 5.56 Å². The summed E-state index contributed by atoms with van der Waals surface area (Å²) in [7, 11) is -2.34. The van der Waals surface area contributed by atoms with Gasteiger partial charge in [0.05, 0.1) is 18.9 Å². The summed E-state index contributed by atoms with van der Waals surface area (Å²) in [4.78, 5) is 16.7. The Hall–Kier alpha value is -2.35.